The summed E-state index contributed by atoms with van der Waals surface area (Å²) in [5.74, 6) is 0.706. The molecule has 3 aromatic rings. The van der Waals surface area contributed by atoms with Crippen LogP contribution in [0.2, 0.25) is 0 Å². The lowest BCUT2D eigenvalue weighted by atomic mass is 10.2. The zero-order valence-corrected chi connectivity index (χ0v) is 13.5. The fourth-order valence-electron chi connectivity index (χ4n) is 2.25. The first-order valence-electron chi connectivity index (χ1n) is 6.23. The molecule has 0 aliphatic rings. The molecule has 4 heteroatoms. The van der Waals surface area contributed by atoms with Crippen LogP contribution in [-0.4, -0.2) is 4.21 Å². The minimum absolute atomic E-state index is 0.706. The second-order valence-corrected chi connectivity index (χ2v) is 7.05. The molecule has 0 amide bonds. The fraction of sp³-hybridized carbons (Fsp3) is 0.125. The van der Waals surface area contributed by atoms with Crippen molar-refractivity contribution in [3.63, 3.8) is 0 Å². The minimum Gasteiger partial charge on any atom is -0.460 e. The van der Waals surface area contributed by atoms with E-state index in [4.69, 9.17) is 4.42 Å². The van der Waals surface area contributed by atoms with Gasteiger partial charge in [0.15, 0.2) is 0 Å². The van der Waals surface area contributed by atoms with Gasteiger partial charge in [0.05, 0.1) is 15.7 Å². The van der Waals surface area contributed by atoms with Crippen LogP contribution in [0.5, 0.6) is 0 Å². The molecule has 20 heavy (non-hydrogen) atoms. The predicted molar refractivity (Wildman–Crippen MR) is 84.5 cm³/mol. The Labute approximate surface area is 128 Å². The Kier molecular flexibility index (Phi) is 3.52. The second kappa shape index (κ2) is 5.19. The van der Waals surface area contributed by atoms with Gasteiger partial charge in [0, 0.05) is 14.8 Å². The first-order valence-corrected chi connectivity index (χ1v) is 8.17. The molecule has 0 aliphatic carbocycles. The van der Waals surface area contributed by atoms with E-state index in [0.29, 0.717) is 5.76 Å². The number of aryl methyl sites for hydroxylation is 2. The minimum atomic E-state index is -1.23. The molecule has 1 aromatic heterocycles. The second-order valence-electron chi connectivity index (χ2n) is 4.71. The molecule has 0 saturated heterocycles. The zero-order chi connectivity index (χ0) is 14.3. The molecule has 0 N–H and O–H groups in total. The van der Waals surface area contributed by atoms with E-state index in [1.54, 1.807) is 0 Å². The van der Waals surface area contributed by atoms with Crippen LogP contribution in [0.25, 0.3) is 11.0 Å². The largest absolute Gasteiger partial charge is 0.460 e. The van der Waals surface area contributed by atoms with E-state index >= 15 is 0 Å². The number of benzene rings is 2. The zero-order valence-electron chi connectivity index (χ0n) is 11.1. The molecular formula is C16H13BrO2S. The number of rotatable bonds is 2. The van der Waals surface area contributed by atoms with Gasteiger partial charge in [0.25, 0.3) is 0 Å². The molecule has 102 valence electrons. The molecule has 1 atom stereocenters. The lowest BCUT2D eigenvalue weighted by Crippen LogP contribution is -1.94. The summed E-state index contributed by atoms with van der Waals surface area (Å²) in [6.45, 7) is 3.86. The average molecular weight is 349 g/mol. The summed E-state index contributed by atoms with van der Waals surface area (Å²) in [6, 6.07) is 13.5. The summed E-state index contributed by atoms with van der Waals surface area (Å²) in [5, 5.41) is 0.900. The summed E-state index contributed by atoms with van der Waals surface area (Å²) in [7, 11) is -1.23. The summed E-state index contributed by atoms with van der Waals surface area (Å²) in [6.07, 6.45) is 0. The van der Waals surface area contributed by atoms with Crippen molar-refractivity contribution in [3.8, 4) is 0 Å². The Balaban J connectivity index is 2.21. The molecule has 0 fully saturated rings. The van der Waals surface area contributed by atoms with Gasteiger partial charge in [0.2, 0.25) is 0 Å². The van der Waals surface area contributed by atoms with Gasteiger partial charge in [0.1, 0.15) is 11.3 Å². The van der Waals surface area contributed by atoms with E-state index in [0.717, 1.165) is 30.8 Å². The molecule has 2 nitrogen and oxygen atoms in total. The first kappa shape index (κ1) is 13.6. The Morgan fingerprint density at radius 3 is 2.65 bits per heavy atom. The molecule has 0 spiro atoms. The highest BCUT2D eigenvalue weighted by molar-refractivity contribution is 9.10. The molecular weight excluding hydrogens is 336 g/mol. The maximum atomic E-state index is 12.8. The van der Waals surface area contributed by atoms with Crippen LogP contribution in [0, 0.1) is 13.8 Å². The highest BCUT2D eigenvalue weighted by Gasteiger charge is 2.18. The third-order valence-corrected chi connectivity index (χ3v) is 5.21. The van der Waals surface area contributed by atoms with Crippen LogP contribution < -0.4 is 0 Å². The van der Waals surface area contributed by atoms with Crippen LogP contribution in [0.3, 0.4) is 0 Å². The Morgan fingerprint density at radius 2 is 1.90 bits per heavy atom. The maximum Gasteiger partial charge on any atom is 0.135 e. The third kappa shape index (κ3) is 2.34. The SMILES string of the molecule is Cc1cccc([S@](=O)c2c(C)oc3ccc(Br)cc23)c1. The Morgan fingerprint density at radius 1 is 1.10 bits per heavy atom. The van der Waals surface area contributed by atoms with Crippen molar-refractivity contribution in [2.45, 2.75) is 23.6 Å². The summed E-state index contributed by atoms with van der Waals surface area (Å²) in [4.78, 5) is 1.56. The fourth-order valence-corrected chi connectivity index (χ4v) is 4.00. The van der Waals surface area contributed by atoms with Gasteiger partial charge in [-0.15, -0.1) is 0 Å². The predicted octanol–water partition coefficient (Wildman–Crippen LogP) is 4.98. The van der Waals surface area contributed by atoms with Crippen molar-refractivity contribution in [1.82, 2.24) is 0 Å². The van der Waals surface area contributed by atoms with Gasteiger partial charge >= 0.3 is 0 Å². The van der Waals surface area contributed by atoms with Gasteiger partial charge < -0.3 is 4.42 Å². The molecule has 0 aliphatic heterocycles. The van der Waals surface area contributed by atoms with E-state index in [2.05, 4.69) is 15.9 Å². The number of halogens is 1. The van der Waals surface area contributed by atoms with Crippen LogP contribution in [0.15, 0.2) is 61.1 Å². The third-order valence-electron chi connectivity index (χ3n) is 3.16. The Hall–Kier alpha value is -1.39. The topological polar surface area (TPSA) is 30.2 Å². The first-order chi connectivity index (χ1) is 9.56. The smallest absolute Gasteiger partial charge is 0.135 e. The molecule has 1 heterocycles. The molecule has 3 rings (SSSR count). The molecule has 0 bridgehead atoms. The lowest BCUT2D eigenvalue weighted by Gasteiger charge is -2.03. The quantitative estimate of drug-likeness (QED) is 0.653. The van der Waals surface area contributed by atoms with Crippen LogP contribution in [0.1, 0.15) is 11.3 Å². The van der Waals surface area contributed by atoms with Gasteiger partial charge in [-0.3, -0.25) is 0 Å². The van der Waals surface area contributed by atoms with Crippen LogP contribution in [-0.2, 0) is 10.8 Å². The van der Waals surface area contributed by atoms with Gasteiger partial charge in [-0.1, -0.05) is 28.1 Å². The van der Waals surface area contributed by atoms with Crippen molar-refractivity contribution in [3.05, 3.63) is 58.3 Å². The number of fused-ring (bicyclic) bond motifs is 1. The van der Waals surface area contributed by atoms with Gasteiger partial charge in [-0.2, -0.15) is 0 Å². The number of furan rings is 1. The number of hydrogen-bond donors (Lipinski definition) is 0. The molecule has 0 radical (unpaired) electrons. The monoisotopic (exact) mass is 348 g/mol. The molecule has 0 unspecified atom stereocenters. The lowest BCUT2D eigenvalue weighted by molar-refractivity contribution is 0.566. The Bertz CT molecular complexity index is 820. The van der Waals surface area contributed by atoms with Crippen LogP contribution >= 0.6 is 15.9 Å². The van der Waals surface area contributed by atoms with Gasteiger partial charge in [-0.05, 0) is 49.7 Å². The van der Waals surface area contributed by atoms with Crippen LogP contribution in [0.4, 0.5) is 0 Å². The van der Waals surface area contributed by atoms with Crippen molar-refractivity contribution in [1.29, 1.82) is 0 Å². The standard InChI is InChI=1S/C16H13BrO2S/c1-10-4-3-5-13(8-10)20(18)16-11(2)19-15-7-6-12(17)9-14(15)16/h3-9H,1-2H3/t20-/m0/s1. The molecule has 0 saturated carbocycles. The highest BCUT2D eigenvalue weighted by atomic mass is 79.9. The maximum absolute atomic E-state index is 12.8. The van der Waals surface area contributed by atoms with E-state index < -0.39 is 10.8 Å². The van der Waals surface area contributed by atoms with Crippen molar-refractivity contribution < 1.29 is 8.63 Å². The van der Waals surface area contributed by atoms with Gasteiger partial charge in [-0.25, -0.2) is 4.21 Å². The highest BCUT2D eigenvalue weighted by Crippen LogP contribution is 2.33. The van der Waals surface area contributed by atoms with Crippen molar-refractivity contribution >= 4 is 37.7 Å². The molecule has 2 aromatic carbocycles. The van der Waals surface area contributed by atoms with E-state index in [-0.39, 0.29) is 0 Å². The summed E-state index contributed by atoms with van der Waals surface area (Å²) < 4.78 is 19.5. The summed E-state index contributed by atoms with van der Waals surface area (Å²) >= 11 is 3.45. The normalized spacial score (nSPS) is 12.8. The average Bonchev–Trinajstić information content (AvgIpc) is 2.73. The summed E-state index contributed by atoms with van der Waals surface area (Å²) in [5.41, 5.74) is 1.86. The van der Waals surface area contributed by atoms with Crippen molar-refractivity contribution in [2.24, 2.45) is 0 Å². The van der Waals surface area contributed by atoms with E-state index in [9.17, 15) is 4.21 Å². The number of hydrogen-bond acceptors (Lipinski definition) is 2. The van der Waals surface area contributed by atoms with E-state index in [1.807, 2.05) is 56.3 Å². The van der Waals surface area contributed by atoms with Crippen molar-refractivity contribution in [2.75, 3.05) is 0 Å². The van der Waals surface area contributed by atoms with E-state index in [1.165, 1.54) is 0 Å².